The summed E-state index contributed by atoms with van der Waals surface area (Å²) in [5.74, 6) is 1.49. The Labute approximate surface area is 131 Å². The number of ether oxygens (including phenoxy) is 2. The van der Waals surface area contributed by atoms with Crippen molar-refractivity contribution in [2.45, 2.75) is 25.9 Å². The molecule has 1 saturated heterocycles. The Kier molecular flexibility index (Phi) is 4.55. The molecule has 0 N–H and O–H groups in total. The molecule has 5 heteroatoms. The zero-order valence-electron chi connectivity index (χ0n) is 13.5. The molecule has 2 aromatic rings. The van der Waals surface area contributed by atoms with Crippen LogP contribution in [0.4, 0.5) is 5.82 Å². The average molecular weight is 301 g/mol. The number of aromatic nitrogens is 2. The van der Waals surface area contributed by atoms with Crippen LogP contribution in [0.1, 0.15) is 25.3 Å². The van der Waals surface area contributed by atoms with E-state index < -0.39 is 0 Å². The molecule has 1 fully saturated rings. The zero-order valence-corrected chi connectivity index (χ0v) is 13.5. The maximum absolute atomic E-state index is 5.73. The van der Waals surface area contributed by atoms with Crippen molar-refractivity contribution in [3.05, 3.63) is 30.1 Å². The van der Waals surface area contributed by atoms with Crippen molar-refractivity contribution in [1.82, 2.24) is 9.97 Å². The van der Waals surface area contributed by atoms with E-state index in [9.17, 15) is 0 Å². The maximum atomic E-state index is 5.73. The number of benzene rings is 1. The Morgan fingerprint density at radius 3 is 3.00 bits per heavy atom. The molecular formula is C17H23N3O2. The summed E-state index contributed by atoms with van der Waals surface area (Å²) < 4.78 is 11.0. The second-order valence-electron chi connectivity index (χ2n) is 6.02. The monoisotopic (exact) mass is 301 g/mol. The van der Waals surface area contributed by atoms with Gasteiger partial charge in [-0.15, -0.1) is 0 Å². The van der Waals surface area contributed by atoms with Gasteiger partial charge in [0.25, 0.3) is 0 Å². The summed E-state index contributed by atoms with van der Waals surface area (Å²) in [6.45, 7) is 7.35. The summed E-state index contributed by atoms with van der Waals surface area (Å²) in [5.41, 5.74) is 2.30. The van der Waals surface area contributed by atoms with E-state index in [1.165, 1.54) is 5.56 Å². The summed E-state index contributed by atoms with van der Waals surface area (Å²) in [5, 5.41) is 1.12. The predicted molar refractivity (Wildman–Crippen MR) is 87.5 cm³/mol. The van der Waals surface area contributed by atoms with Crippen molar-refractivity contribution in [2.24, 2.45) is 0 Å². The molecule has 1 aromatic heterocycles. The topological polar surface area (TPSA) is 47.5 Å². The number of anilines is 1. The lowest BCUT2D eigenvalue weighted by molar-refractivity contribution is -0.0101. The molecule has 118 valence electrons. The average Bonchev–Trinajstić information content (AvgIpc) is 2.54. The Morgan fingerprint density at radius 2 is 2.23 bits per heavy atom. The van der Waals surface area contributed by atoms with Crippen LogP contribution in [0.2, 0.25) is 0 Å². The summed E-state index contributed by atoms with van der Waals surface area (Å²) in [6.07, 6.45) is 1.74. The van der Waals surface area contributed by atoms with Crippen LogP contribution >= 0.6 is 0 Å². The quantitative estimate of drug-likeness (QED) is 0.868. The van der Waals surface area contributed by atoms with E-state index in [1.54, 1.807) is 13.4 Å². The lowest BCUT2D eigenvalue weighted by Gasteiger charge is -2.33. The van der Waals surface area contributed by atoms with Gasteiger partial charge in [-0.2, -0.15) is 0 Å². The maximum Gasteiger partial charge on any atom is 0.140 e. The second-order valence-corrected chi connectivity index (χ2v) is 6.02. The summed E-state index contributed by atoms with van der Waals surface area (Å²) in [6, 6.07) is 6.45. The first kappa shape index (κ1) is 15.2. The fraction of sp³-hybridized carbons (Fsp3) is 0.529. The minimum Gasteiger partial charge on any atom is -0.382 e. The molecule has 22 heavy (non-hydrogen) atoms. The standard InChI is InChI=1S/C17H23N3O2/c1-12(2)13-4-5-16-15(8-13)17(19-11-18-16)20-6-7-22-14(9-20)10-21-3/h4-5,8,11-12,14H,6-7,9-10H2,1-3H3/t14-/m0/s1. The van der Waals surface area contributed by atoms with E-state index in [2.05, 4.69) is 46.9 Å². The van der Waals surface area contributed by atoms with Crippen LogP contribution < -0.4 is 4.90 Å². The molecule has 0 unspecified atom stereocenters. The van der Waals surface area contributed by atoms with Gasteiger partial charge in [-0.25, -0.2) is 9.97 Å². The highest BCUT2D eigenvalue weighted by Crippen LogP contribution is 2.27. The lowest BCUT2D eigenvalue weighted by Crippen LogP contribution is -2.44. The van der Waals surface area contributed by atoms with E-state index in [1.807, 2.05) is 0 Å². The number of hydrogen-bond donors (Lipinski definition) is 0. The number of nitrogens with zero attached hydrogens (tertiary/aromatic N) is 3. The van der Waals surface area contributed by atoms with Crippen molar-refractivity contribution in [1.29, 1.82) is 0 Å². The number of morpholine rings is 1. The van der Waals surface area contributed by atoms with Gasteiger partial charge in [-0.05, 0) is 23.6 Å². The minimum absolute atomic E-state index is 0.0945. The molecule has 3 rings (SSSR count). The van der Waals surface area contributed by atoms with Crippen LogP contribution in [0, 0.1) is 0 Å². The Balaban J connectivity index is 1.96. The molecule has 0 aliphatic carbocycles. The van der Waals surface area contributed by atoms with Gasteiger partial charge >= 0.3 is 0 Å². The van der Waals surface area contributed by atoms with Crippen molar-refractivity contribution >= 4 is 16.7 Å². The van der Waals surface area contributed by atoms with E-state index >= 15 is 0 Å². The molecule has 0 saturated carbocycles. The molecule has 0 radical (unpaired) electrons. The van der Waals surface area contributed by atoms with Crippen molar-refractivity contribution < 1.29 is 9.47 Å². The van der Waals surface area contributed by atoms with Crippen molar-refractivity contribution in [3.63, 3.8) is 0 Å². The van der Waals surface area contributed by atoms with Gasteiger partial charge in [0, 0.05) is 25.6 Å². The highest BCUT2D eigenvalue weighted by atomic mass is 16.5. The SMILES string of the molecule is COC[C@@H]1CN(c2ncnc3ccc(C(C)C)cc23)CCO1. The lowest BCUT2D eigenvalue weighted by atomic mass is 10.0. The third-order valence-corrected chi connectivity index (χ3v) is 4.10. The highest BCUT2D eigenvalue weighted by Gasteiger charge is 2.23. The third kappa shape index (κ3) is 3.05. The second kappa shape index (κ2) is 6.58. The van der Waals surface area contributed by atoms with Crippen LogP contribution in [-0.2, 0) is 9.47 Å². The Bertz CT molecular complexity index is 643. The highest BCUT2D eigenvalue weighted by molar-refractivity contribution is 5.90. The first-order chi connectivity index (χ1) is 10.7. The van der Waals surface area contributed by atoms with E-state index in [-0.39, 0.29) is 6.10 Å². The number of hydrogen-bond acceptors (Lipinski definition) is 5. The molecule has 0 amide bonds. The molecule has 1 aliphatic heterocycles. The van der Waals surface area contributed by atoms with Gasteiger partial charge in [0.1, 0.15) is 12.1 Å². The number of fused-ring (bicyclic) bond motifs is 1. The van der Waals surface area contributed by atoms with Gasteiger partial charge < -0.3 is 14.4 Å². The third-order valence-electron chi connectivity index (χ3n) is 4.10. The number of methoxy groups -OCH3 is 1. The summed E-state index contributed by atoms with van der Waals surface area (Å²) in [7, 11) is 1.71. The Morgan fingerprint density at radius 1 is 1.36 bits per heavy atom. The van der Waals surface area contributed by atoms with Gasteiger partial charge in [0.2, 0.25) is 0 Å². The summed E-state index contributed by atoms with van der Waals surface area (Å²) >= 11 is 0. The van der Waals surface area contributed by atoms with E-state index in [0.29, 0.717) is 19.1 Å². The molecule has 1 aromatic carbocycles. The summed E-state index contributed by atoms with van der Waals surface area (Å²) in [4.78, 5) is 11.2. The molecule has 1 atom stereocenters. The van der Waals surface area contributed by atoms with Gasteiger partial charge in [-0.1, -0.05) is 19.9 Å². The zero-order chi connectivity index (χ0) is 15.5. The first-order valence-corrected chi connectivity index (χ1v) is 7.79. The van der Waals surface area contributed by atoms with Gasteiger partial charge in [-0.3, -0.25) is 0 Å². The minimum atomic E-state index is 0.0945. The number of rotatable bonds is 4. The van der Waals surface area contributed by atoms with Gasteiger partial charge in [0.05, 0.1) is 24.8 Å². The molecule has 2 heterocycles. The van der Waals surface area contributed by atoms with Gasteiger partial charge in [0.15, 0.2) is 0 Å². The molecule has 0 spiro atoms. The van der Waals surface area contributed by atoms with Crippen LogP contribution in [0.25, 0.3) is 10.9 Å². The fourth-order valence-corrected chi connectivity index (χ4v) is 2.87. The molecule has 1 aliphatic rings. The van der Waals surface area contributed by atoms with Crippen LogP contribution in [-0.4, -0.2) is 49.5 Å². The van der Waals surface area contributed by atoms with Crippen molar-refractivity contribution in [2.75, 3.05) is 38.3 Å². The Hall–Kier alpha value is -1.72. The predicted octanol–water partition coefficient (Wildman–Crippen LogP) is 2.60. The first-order valence-electron chi connectivity index (χ1n) is 7.79. The van der Waals surface area contributed by atoms with Crippen LogP contribution in [0.5, 0.6) is 0 Å². The van der Waals surface area contributed by atoms with Crippen LogP contribution in [0.15, 0.2) is 24.5 Å². The molecule has 0 bridgehead atoms. The largest absolute Gasteiger partial charge is 0.382 e. The van der Waals surface area contributed by atoms with Crippen LogP contribution in [0.3, 0.4) is 0 Å². The molecule has 5 nitrogen and oxygen atoms in total. The van der Waals surface area contributed by atoms with E-state index in [4.69, 9.17) is 9.47 Å². The van der Waals surface area contributed by atoms with E-state index in [0.717, 1.165) is 29.8 Å². The van der Waals surface area contributed by atoms with Crippen molar-refractivity contribution in [3.8, 4) is 0 Å². The molecular weight excluding hydrogens is 278 g/mol. The smallest absolute Gasteiger partial charge is 0.140 e. The normalized spacial score (nSPS) is 19.1. The fourth-order valence-electron chi connectivity index (χ4n) is 2.87.